The van der Waals surface area contributed by atoms with E-state index >= 15 is 0 Å². The number of rotatable bonds is 0. The Bertz CT molecular complexity index is 1360. The predicted octanol–water partition coefficient (Wildman–Crippen LogP) is 2.85. The highest BCUT2D eigenvalue weighted by Gasteiger charge is 2.66. The number of hydrogen-bond acceptors (Lipinski definition) is 4. The van der Waals surface area contributed by atoms with Crippen molar-refractivity contribution < 1.29 is 17.9 Å². The van der Waals surface area contributed by atoms with Crippen LogP contribution in [0.4, 0.5) is 0 Å². The fourth-order valence-electron chi connectivity index (χ4n) is 14.1. The van der Waals surface area contributed by atoms with Gasteiger partial charge in [-0.25, -0.2) is 19.6 Å². The molecule has 0 amide bonds. The average Bonchev–Trinajstić information content (AvgIpc) is 3.10. The van der Waals surface area contributed by atoms with Gasteiger partial charge >= 0.3 is 0 Å². The van der Waals surface area contributed by atoms with E-state index in [-0.39, 0.29) is 0 Å². The Morgan fingerprint density at radius 1 is 0.354 bits per heavy atom. The van der Waals surface area contributed by atoms with Gasteiger partial charge in [0.05, 0.1) is 78.5 Å². The van der Waals surface area contributed by atoms with Gasteiger partial charge in [0, 0.05) is 74.1 Å². The normalized spacial score (nSPS) is 44.3. The van der Waals surface area contributed by atoms with Crippen LogP contribution in [0.25, 0.3) is 0 Å². The first-order valence-corrected chi connectivity index (χ1v) is 20.1. The highest BCUT2D eigenvalue weighted by atomic mass is 15.7. The lowest BCUT2D eigenvalue weighted by Crippen LogP contribution is -2.87. The van der Waals surface area contributed by atoms with Gasteiger partial charge in [0.25, 0.3) is 0 Å². The van der Waals surface area contributed by atoms with E-state index in [2.05, 4.69) is 68.1 Å². The quantitative estimate of drug-likeness (QED) is 0.406. The summed E-state index contributed by atoms with van der Waals surface area (Å²) in [6.07, 6.45) is 7.99. The van der Waals surface area contributed by atoms with E-state index in [1.54, 1.807) is 22.3 Å². The number of hydrogen-bond donors (Lipinski definition) is 0. The van der Waals surface area contributed by atoms with Crippen molar-refractivity contribution in [3.63, 3.8) is 0 Å². The molecule has 8 atom stereocenters. The summed E-state index contributed by atoms with van der Waals surface area (Å²) in [5.41, 5.74) is 6.47. The van der Waals surface area contributed by atoms with E-state index < -0.39 is 0 Å². The van der Waals surface area contributed by atoms with Gasteiger partial charge in [0.15, 0.2) is 0 Å². The standard InChI is InChI=1S/C40H60N8/c1-7-33-27-34(8-1)30-46-20-4-12-42-18-26-48(22-6-14-44(16-24-46)40(48)38(42)46)32-36-10-2-9-35(28-36)31-47-21-5-13-43-15-23-45(29-33)19-3-11-41(17-25-47)37(45)39(43)47/h1-2,7-10,27-28,37-40H,3-6,11-26,29-32H2/q+4. The lowest BCUT2D eigenvalue weighted by atomic mass is 9.91. The lowest BCUT2D eigenvalue weighted by Gasteiger charge is -2.67. The molecule has 8 heteroatoms. The lowest BCUT2D eigenvalue weighted by molar-refractivity contribution is -1.07. The summed E-state index contributed by atoms with van der Waals surface area (Å²) in [6.45, 7) is 26.0. The molecule has 8 fully saturated rings. The number of benzene rings is 2. The smallest absolute Gasteiger partial charge is 0.214 e. The van der Waals surface area contributed by atoms with Crippen molar-refractivity contribution in [2.45, 2.75) is 76.5 Å². The Balaban J connectivity index is 1.08. The minimum Gasteiger partial charge on any atom is -0.297 e. The van der Waals surface area contributed by atoms with E-state index in [1.807, 2.05) is 0 Å². The maximum Gasteiger partial charge on any atom is 0.214 e. The molecule has 2 aromatic carbocycles. The number of nitrogens with zero attached hydrogens (tertiary/aromatic N) is 8. The predicted molar refractivity (Wildman–Crippen MR) is 188 cm³/mol. The zero-order valence-corrected chi connectivity index (χ0v) is 29.5. The van der Waals surface area contributed by atoms with Crippen molar-refractivity contribution in [1.82, 2.24) is 19.6 Å². The summed E-state index contributed by atoms with van der Waals surface area (Å²) < 4.78 is 5.21. The van der Waals surface area contributed by atoms with Crippen molar-refractivity contribution in [2.75, 3.05) is 105 Å². The summed E-state index contributed by atoms with van der Waals surface area (Å²) in [5.74, 6) is 0. The van der Waals surface area contributed by atoms with Gasteiger partial charge in [-0.1, -0.05) is 36.4 Å². The molecule has 9 heterocycles. The van der Waals surface area contributed by atoms with Crippen LogP contribution in [-0.2, 0) is 26.2 Å². The first kappa shape index (κ1) is 29.8. The first-order chi connectivity index (χ1) is 23.6. The molecule has 8 saturated heterocycles. The largest absolute Gasteiger partial charge is 0.297 e. The summed E-state index contributed by atoms with van der Waals surface area (Å²) in [4.78, 5) is 12.0. The van der Waals surface area contributed by atoms with E-state index in [1.165, 1.54) is 175 Å². The highest BCUT2D eigenvalue weighted by molar-refractivity contribution is 5.24. The van der Waals surface area contributed by atoms with Crippen molar-refractivity contribution in [3.05, 3.63) is 70.8 Å². The fraction of sp³-hybridized carbons (Fsp3) is 0.700. The van der Waals surface area contributed by atoms with Crippen molar-refractivity contribution in [2.24, 2.45) is 0 Å². The minimum atomic E-state index is 0.635. The zero-order chi connectivity index (χ0) is 31.6. The molecule has 0 spiro atoms. The Hall–Kier alpha value is -1.88. The van der Waals surface area contributed by atoms with E-state index in [0.717, 1.165) is 0 Å². The number of piperazine rings is 4. The molecule has 9 aliphatic rings. The fourth-order valence-corrected chi connectivity index (χ4v) is 14.1. The number of fused-ring (bicyclic) bond motifs is 4. The van der Waals surface area contributed by atoms with Crippen LogP contribution in [0, 0.1) is 0 Å². The van der Waals surface area contributed by atoms with E-state index in [4.69, 9.17) is 0 Å². The molecule has 11 rings (SSSR count). The summed E-state index contributed by atoms with van der Waals surface area (Å²) >= 11 is 0. The van der Waals surface area contributed by atoms with E-state index in [9.17, 15) is 0 Å². The molecule has 0 aromatic heterocycles. The third-order valence-electron chi connectivity index (χ3n) is 15.8. The maximum absolute atomic E-state index is 2.99. The SMILES string of the molecule is c1cc2cc(c1)C[N+]13CCCN4CC[N+]5(CCCN(CC1)C5C43)Cc1cccc(c1)C[N+]13CCCN4CC[N+]5(CCCN(CC1)C5C43)C2. The first-order valence-electron chi connectivity index (χ1n) is 20.1. The molecule has 0 aliphatic carbocycles. The van der Waals surface area contributed by atoms with Gasteiger partial charge in [-0.15, -0.1) is 0 Å². The zero-order valence-electron chi connectivity index (χ0n) is 29.5. The maximum atomic E-state index is 2.99. The van der Waals surface area contributed by atoms with Crippen LogP contribution < -0.4 is 0 Å². The average molecular weight is 653 g/mol. The Labute approximate surface area is 289 Å². The Morgan fingerprint density at radius 2 is 0.625 bits per heavy atom. The molecule has 0 saturated carbocycles. The van der Waals surface area contributed by atoms with Crippen LogP contribution in [0.5, 0.6) is 0 Å². The van der Waals surface area contributed by atoms with Crippen LogP contribution in [0.2, 0.25) is 0 Å². The molecule has 256 valence electrons. The van der Waals surface area contributed by atoms with Crippen LogP contribution in [0.1, 0.15) is 47.9 Å². The van der Waals surface area contributed by atoms with Crippen molar-refractivity contribution >= 4 is 0 Å². The van der Waals surface area contributed by atoms with Gasteiger partial charge < -0.3 is 0 Å². The van der Waals surface area contributed by atoms with Gasteiger partial charge in [0.2, 0.25) is 24.7 Å². The van der Waals surface area contributed by atoms with Gasteiger partial charge in [0.1, 0.15) is 26.2 Å². The molecule has 0 N–H and O–H groups in total. The van der Waals surface area contributed by atoms with Gasteiger partial charge in [-0.3, -0.25) is 17.9 Å². The van der Waals surface area contributed by atoms with Gasteiger partial charge in [-0.2, -0.15) is 0 Å². The third-order valence-corrected chi connectivity index (χ3v) is 15.8. The van der Waals surface area contributed by atoms with Gasteiger partial charge in [-0.05, 0) is 12.1 Å². The van der Waals surface area contributed by atoms with E-state index in [0.29, 0.717) is 24.7 Å². The highest BCUT2D eigenvalue weighted by Crippen LogP contribution is 2.46. The molecule has 2 aromatic rings. The summed E-state index contributed by atoms with van der Waals surface area (Å²) in [7, 11) is 0. The van der Waals surface area contributed by atoms with Crippen LogP contribution in [-0.4, -0.2) is 167 Å². The monoisotopic (exact) mass is 652 g/mol. The molecule has 0 radical (unpaired) electrons. The van der Waals surface area contributed by atoms with Crippen molar-refractivity contribution in [1.29, 1.82) is 0 Å². The molecule has 12 bridgehead atoms. The molecular weight excluding hydrogens is 592 g/mol. The van der Waals surface area contributed by atoms with Crippen molar-refractivity contribution in [3.8, 4) is 0 Å². The summed E-state index contributed by atoms with van der Waals surface area (Å²) in [6, 6.07) is 20.4. The second kappa shape index (κ2) is 10.8. The molecule has 8 nitrogen and oxygen atoms in total. The molecule has 8 unspecified atom stereocenters. The molecule has 48 heavy (non-hydrogen) atoms. The second-order valence-electron chi connectivity index (χ2n) is 18.1. The Kier molecular flexibility index (Phi) is 6.72. The minimum absolute atomic E-state index is 0.635. The summed E-state index contributed by atoms with van der Waals surface area (Å²) in [5, 5.41) is 0. The number of quaternary nitrogens is 4. The second-order valence-corrected chi connectivity index (χ2v) is 18.1. The van der Waals surface area contributed by atoms with Crippen LogP contribution in [0.3, 0.4) is 0 Å². The Morgan fingerprint density at radius 3 is 0.896 bits per heavy atom. The third kappa shape index (κ3) is 4.30. The molecular formula is C40H60N8+4. The topological polar surface area (TPSA) is 13.0 Å². The van der Waals surface area contributed by atoms with Crippen LogP contribution >= 0.6 is 0 Å². The van der Waals surface area contributed by atoms with Crippen LogP contribution in [0.15, 0.2) is 48.5 Å². The molecule has 9 aliphatic heterocycles.